The van der Waals surface area contributed by atoms with Gasteiger partial charge in [0.05, 0.1) is 28.6 Å². The molecule has 1 fully saturated rings. The molecule has 0 amide bonds. The minimum Gasteiger partial charge on any atom is -0.351 e. The molecule has 192 valence electrons. The van der Waals surface area contributed by atoms with E-state index in [1.54, 1.807) is 12.1 Å². The molecule has 0 bridgehead atoms. The van der Waals surface area contributed by atoms with Crippen molar-refractivity contribution in [3.8, 4) is 11.3 Å². The van der Waals surface area contributed by atoms with Crippen LogP contribution in [0.1, 0.15) is 38.2 Å². The number of nitrogens with zero attached hydrogens (tertiary/aromatic N) is 4. The molecule has 11 heteroatoms. The largest absolute Gasteiger partial charge is 0.351 e. The van der Waals surface area contributed by atoms with E-state index in [0.29, 0.717) is 23.7 Å². The standard InChI is InChI=1S/C26H28ClN7O2S/c1-2-16-11-17(12-18-13-31-26(33-25(16)18)32-20-9-7-19(28)8-10-20)22-14-30-24(15-29-22)34-37(35,36)23-6-4-3-5-21(23)27/h3-6,11-15,19-20H,2,7-10,28H2,1H3,(H,30,34)(H,31,32,33). The third kappa shape index (κ3) is 5.66. The SMILES string of the molecule is CCc1cc(-c2cnc(NS(=O)(=O)c3ccccc3Cl)cn2)cc2cnc(NC3CCC(N)CC3)nc12. The zero-order valence-corrected chi connectivity index (χ0v) is 21.9. The van der Waals surface area contributed by atoms with Gasteiger partial charge in [-0.1, -0.05) is 30.7 Å². The van der Waals surface area contributed by atoms with Gasteiger partial charge in [-0.15, -0.1) is 0 Å². The number of hydrogen-bond acceptors (Lipinski definition) is 8. The highest BCUT2D eigenvalue weighted by Crippen LogP contribution is 2.28. The summed E-state index contributed by atoms with van der Waals surface area (Å²) in [5.74, 6) is 0.730. The van der Waals surface area contributed by atoms with Crippen molar-refractivity contribution in [3.63, 3.8) is 0 Å². The van der Waals surface area contributed by atoms with Crippen LogP contribution in [0.15, 0.2) is 59.9 Å². The predicted molar refractivity (Wildman–Crippen MR) is 146 cm³/mol. The lowest BCUT2D eigenvalue weighted by Crippen LogP contribution is -2.33. The van der Waals surface area contributed by atoms with E-state index in [9.17, 15) is 8.42 Å². The number of nitrogens with two attached hydrogens (primary N) is 1. The normalized spacial score (nSPS) is 18.0. The maximum atomic E-state index is 12.7. The highest BCUT2D eigenvalue weighted by molar-refractivity contribution is 7.92. The van der Waals surface area contributed by atoms with Crippen LogP contribution >= 0.6 is 11.6 Å². The van der Waals surface area contributed by atoms with Gasteiger partial charge in [-0.05, 0) is 61.9 Å². The van der Waals surface area contributed by atoms with E-state index in [1.807, 2.05) is 18.3 Å². The summed E-state index contributed by atoms with van der Waals surface area (Å²) >= 11 is 6.05. The molecule has 0 aliphatic heterocycles. The van der Waals surface area contributed by atoms with Gasteiger partial charge in [-0.2, -0.15) is 0 Å². The molecule has 2 aromatic heterocycles. The summed E-state index contributed by atoms with van der Waals surface area (Å²) in [7, 11) is -3.89. The van der Waals surface area contributed by atoms with Crippen LogP contribution in [0.5, 0.6) is 0 Å². The monoisotopic (exact) mass is 537 g/mol. The molecule has 4 N–H and O–H groups in total. The van der Waals surface area contributed by atoms with Gasteiger partial charge in [0.25, 0.3) is 10.0 Å². The molecule has 4 aromatic rings. The number of halogens is 1. The fourth-order valence-corrected chi connectivity index (χ4v) is 6.05. The molecule has 2 aromatic carbocycles. The molecule has 5 rings (SSSR count). The predicted octanol–water partition coefficient (Wildman–Crippen LogP) is 4.79. The number of anilines is 2. The Kier molecular flexibility index (Phi) is 7.23. The Balaban J connectivity index is 1.37. The van der Waals surface area contributed by atoms with E-state index in [4.69, 9.17) is 22.3 Å². The summed E-state index contributed by atoms with van der Waals surface area (Å²) in [5.41, 5.74) is 9.45. The number of fused-ring (bicyclic) bond motifs is 1. The summed E-state index contributed by atoms with van der Waals surface area (Å²) in [6, 6.07) is 10.9. The van der Waals surface area contributed by atoms with Gasteiger partial charge in [0.1, 0.15) is 4.90 Å². The first kappa shape index (κ1) is 25.3. The van der Waals surface area contributed by atoms with E-state index >= 15 is 0 Å². The van der Waals surface area contributed by atoms with Crippen LogP contribution in [0, 0.1) is 0 Å². The number of sulfonamides is 1. The molecule has 0 spiro atoms. The lowest BCUT2D eigenvalue weighted by atomic mass is 9.92. The van der Waals surface area contributed by atoms with Crippen LogP contribution in [0.2, 0.25) is 5.02 Å². The minimum absolute atomic E-state index is 0.0226. The van der Waals surface area contributed by atoms with Crippen molar-refractivity contribution in [2.45, 2.75) is 56.0 Å². The van der Waals surface area contributed by atoms with Crippen LogP contribution in [0.4, 0.5) is 11.8 Å². The molecule has 1 saturated carbocycles. The lowest BCUT2D eigenvalue weighted by Gasteiger charge is -2.26. The van der Waals surface area contributed by atoms with Crippen molar-refractivity contribution in [1.82, 2.24) is 19.9 Å². The molecule has 2 heterocycles. The Labute approximate surface area is 221 Å². The Morgan fingerprint density at radius 2 is 1.81 bits per heavy atom. The van der Waals surface area contributed by atoms with Crippen LogP contribution < -0.4 is 15.8 Å². The summed E-state index contributed by atoms with van der Waals surface area (Å²) in [4.78, 5) is 18.0. The number of aryl methyl sites for hydroxylation is 1. The second-order valence-corrected chi connectivity index (χ2v) is 11.3. The number of hydrogen-bond donors (Lipinski definition) is 3. The molecule has 0 radical (unpaired) electrons. The summed E-state index contributed by atoms with van der Waals surface area (Å²) in [5, 5.41) is 4.50. The second kappa shape index (κ2) is 10.6. The van der Waals surface area contributed by atoms with Crippen molar-refractivity contribution < 1.29 is 8.42 Å². The minimum atomic E-state index is -3.89. The van der Waals surface area contributed by atoms with E-state index in [2.05, 4.69) is 31.9 Å². The average Bonchev–Trinajstić information content (AvgIpc) is 2.90. The summed E-state index contributed by atoms with van der Waals surface area (Å²) < 4.78 is 27.8. The first-order valence-corrected chi connectivity index (χ1v) is 14.1. The first-order chi connectivity index (χ1) is 17.8. The van der Waals surface area contributed by atoms with Gasteiger partial charge in [0.15, 0.2) is 5.82 Å². The zero-order chi connectivity index (χ0) is 26.0. The van der Waals surface area contributed by atoms with E-state index in [1.165, 1.54) is 24.5 Å². The quantitative estimate of drug-likeness (QED) is 0.306. The van der Waals surface area contributed by atoms with Gasteiger partial charge >= 0.3 is 0 Å². The number of nitrogens with one attached hydrogen (secondary N) is 2. The Bertz CT molecular complexity index is 1520. The molecule has 9 nitrogen and oxygen atoms in total. The van der Waals surface area contributed by atoms with Crippen molar-refractivity contribution in [1.29, 1.82) is 0 Å². The van der Waals surface area contributed by atoms with Crippen LogP contribution in [0.25, 0.3) is 22.2 Å². The van der Waals surface area contributed by atoms with Crippen molar-refractivity contribution in [3.05, 3.63) is 65.6 Å². The van der Waals surface area contributed by atoms with Gasteiger partial charge in [0.2, 0.25) is 5.95 Å². The Morgan fingerprint density at radius 1 is 1.03 bits per heavy atom. The van der Waals surface area contributed by atoms with Gasteiger partial charge < -0.3 is 11.1 Å². The maximum absolute atomic E-state index is 12.7. The van der Waals surface area contributed by atoms with E-state index in [-0.39, 0.29) is 15.7 Å². The molecule has 1 aliphatic rings. The first-order valence-electron chi connectivity index (χ1n) is 12.2. The third-order valence-corrected chi connectivity index (χ3v) is 8.42. The van der Waals surface area contributed by atoms with Gasteiger partial charge in [0, 0.05) is 29.2 Å². The van der Waals surface area contributed by atoms with Crippen molar-refractivity contribution in [2.75, 3.05) is 10.0 Å². The highest BCUT2D eigenvalue weighted by Gasteiger charge is 2.20. The summed E-state index contributed by atoms with van der Waals surface area (Å²) in [6.45, 7) is 2.08. The van der Waals surface area contributed by atoms with Crippen LogP contribution in [-0.2, 0) is 16.4 Å². The van der Waals surface area contributed by atoms with Gasteiger partial charge in [-0.3, -0.25) is 9.71 Å². The highest BCUT2D eigenvalue weighted by atomic mass is 35.5. The Hall–Kier alpha value is -3.34. The zero-order valence-electron chi connectivity index (χ0n) is 20.4. The third-order valence-electron chi connectivity index (χ3n) is 6.56. The number of benzene rings is 2. The number of aromatic nitrogens is 4. The Morgan fingerprint density at radius 3 is 2.51 bits per heavy atom. The second-order valence-electron chi connectivity index (χ2n) is 9.20. The molecule has 1 aliphatic carbocycles. The molecular weight excluding hydrogens is 510 g/mol. The molecule has 0 saturated heterocycles. The molecule has 0 atom stereocenters. The van der Waals surface area contributed by atoms with E-state index < -0.39 is 10.0 Å². The lowest BCUT2D eigenvalue weighted by molar-refractivity contribution is 0.410. The smallest absolute Gasteiger partial charge is 0.264 e. The summed E-state index contributed by atoms with van der Waals surface area (Å²) in [6.07, 6.45) is 9.58. The van der Waals surface area contributed by atoms with Crippen molar-refractivity contribution >= 4 is 44.3 Å². The molecular formula is C26H28ClN7O2S. The fourth-order valence-electron chi connectivity index (χ4n) is 4.54. The maximum Gasteiger partial charge on any atom is 0.264 e. The molecule has 0 unspecified atom stereocenters. The average molecular weight is 538 g/mol. The topological polar surface area (TPSA) is 136 Å². The number of rotatable bonds is 7. The fraction of sp³-hybridized carbons (Fsp3) is 0.308. The van der Waals surface area contributed by atoms with Crippen molar-refractivity contribution in [2.24, 2.45) is 5.73 Å². The van der Waals surface area contributed by atoms with Crippen LogP contribution in [0.3, 0.4) is 0 Å². The molecule has 37 heavy (non-hydrogen) atoms. The van der Waals surface area contributed by atoms with Crippen LogP contribution in [-0.4, -0.2) is 40.4 Å². The van der Waals surface area contributed by atoms with E-state index in [0.717, 1.165) is 54.1 Å². The van der Waals surface area contributed by atoms with Gasteiger partial charge in [-0.25, -0.2) is 23.4 Å².